The summed E-state index contributed by atoms with van der Waals surface area (Å²) in [5.41, 5.74) is 1.08. The Balaban J connectivity index is 1.69. The molecule has 0 aliphatic carbocycles. The van der Waals surface area contributed by atoms with Crippen molar-refractivity contribution in [3.05, 3.63) is 41.0 Å². The summed E-state index contributed by atoms with van der Waals surface area (Å²) in [5.74, 6) is 0.688. The van der Waals surface area contributed by atoms with Gasteiger partial charge in [0.1, 0.15) is 10.8 Å². The third-order valence-electron chi connectivity index (χ3n) is 2.81. The van der Waals surface area contributed by atoms with Crippen LogP contribution in [0.5, 0.6) is 5.75 Å². The minimum atomic E-state index is -0.440. The first kappa shape index (κ1) is 11.2. The largest absolute Gasteiger partial charge is 0.480 e. The van der Waals surface area contributed by atoms with Crippen LogP contribution in [0.1, 0.15) is 10.6 Å². The Kier molecular flexibility index (Phi) is 2.76. The lowest BCUT2D eigenvalue weighted by molar-refractivity contribution is -0.122. The maximum absolute atomic E-state index is 12.0. The van der Waals surface area contributed by atoms with Crippen LogP contribution < -0.4 is 10.1 Å². The number of rotatable bonds is 2. The number of carbonyl (C=O) groups excluding carboxylic acids is 1. The van der Waals surface area contributed by atoms with Gasteiger partial charge >= 0.3 is 0 Å². The number of nitrogens with zero attached hydrogens (tertiary/aromatic N) is 1. The Morgan fingerprint density at radius 2 is 2.33 bits per heavy atom. The third-order valence-corrected chi connectivity index (χ3v) is 3.64. The van der Waals surface area contributed by atoms with Crippen LogP contribution in [0.3, 0.4) is 0 Å². The molecule has 1 amide bonds. The molecule has 2 heterocycles. The van der Waals surface area contributed by atoms with Crippen LogP contribution in [0.2, 0.25) is 0 Å². The number of fused-ring (bicyclic) bond motifs is 1. The lowest BCUT2D eigenvalue weighted by atomic mass is 10.1. The predicted octanol–water partition coefficient (Wildman–Crippen LogP) is 2.39. The number of hydrogen-bond acceptors (Lipinski definition) is 4. The first-order chi connectivity index (χ1) is 8.72. The van der Waals surface area contributed by atoms with Gasteiger partial charge in [-0.05, 0) is 18.6 Å². The van der Waals surface area contributed by atoms with E-state index >= 15 is 0 Å². The number of amides is 1. The van der Waals surface area contributed by atoms with E-state index in [1.165, 1.54) is 11.3 Å². The summed E-state index contributed by atoms with van der Waals surface area (Å²) in [6.07, 6.45) is 1.85. The van der Waals surface area contributed by atoms with Crippen molar-refractivity contribution in [2.75, 3.05) is 5.32 Å². The highest BCUT2D eigenvalue weighted by atomic mass is 32.1. The van der Waals surface area contributed by atoms with E-state index in [0.29, 0.717) is 6.42 Å². The van der Waals surface area contributed by atoms with Crippen molar-refractivity contribution in [1.82, 2.24) is 4.98 Å². The zero-order valence-electron chi connectivity index (χ0n) is 9.84. The van der Waals surface area contributed by atoms with Crippen LogP contribution in [-0.2, 0) is 11.2 Å². The van der Waals surface area contributed by atoms with Crippen LogP contribution in [-0.4, -0.2) is 17.0 Å². The summed E-state index contributed by atoms with van der Waals surface area (Å²) in [6, 6.07) is 7.74. The van der Waals surface area contributed by atoms with E-state index in [-0.39, 0.29) is 5.91 Å². The van der Waals surface area contributed by atoms with E-state index in [4.69, 9.17) is 4.74 Å². The molecule has 1 aromatic carbocycles. The van der Waals surface area contributed by atoms with Gasteiger partial charge in [-0.2, -0.15) is 0 Å². The number of nitrogens with one attached hydrogen (secondary N) is 1. The maximum Gasteiger partial charge on any atom is 0.266 e. The van der Waals surface area contributed by atoms with Crippen molar-refractivity contribution in [2.45, 2.75) is 19.4 Å². The van der Waals surface area contributed by atoms with Crippen LogP contribution in [0, 0.1) is 6.92 Å². The summed E-state index contributed by atoms with van der Waals surface area (Å²) >= 11 is 1.46. The normalized spacial score (nSPS) is 17.1. The highest BCUT2D eigenvalue weighted by Gasteiger charge is 2.28. The fourth-order valence-electron chi connectivity index (χ4n) is 1.95. The average molecular weight is 260 g/mol. The highest BCUT2D eigenvalue weighted by molar-refractivity contribution is 7.15. The third kappa shape index (κ3) is 2.09. The molecule has 92 valence electrons. The molecule has 1 N–H and O–H groups in total. The number of aromatic nitrogens is 1. The monoisotopic (exact) mass is 260 g/mol. The van der Waals surface area contributed by atoms with E-state index in [1.54, 1.807) is 6.20 Å². The summed E-state index contributed by atoms with van der Waals surface area (Å²) in [4.78, 5) is 16.1. The Bertz CT molecular complexity index is 569. The molecule has 0 unspecified atom stereocenters. The van der Waals surface area contributed by atoms with Gasteiger partial charge < -0.3 is 10.1 Å². The zero-order chi connectivity index (χ0) is 12.5. The summed E-state index contributed by atoms with van der Waals surface area (Å²) in [6.45, 7) is 1.91. The molecule has 0 saturated carbocycles. The summed E-state index contributed by atoms with van der Waals surface area (Å²) in [5, 5.41) is 4.52. The van der Waals surface area contributed by atoms with Crippen LogP contribution in [0.25, 0.3) is 0 Å². The SMILES string of the molecule is Cc1ncc(NC(=O)[C@@H]2Cc3ccccc3O2)s1. The predicted molar refractivity (Wildman–Crippen MR) is 70.0 cm³/mol. The molecule has 3 rings (SSSR count). The van der Waals surface area contributed by atoms with Crippen LogP contribution in [0.15, 0.2) is 30.5 Å². The lowest BCUT2D eigenvalue weighted by Gasteiger charge is -2.09. The number of benzene rings is 1. The van der Waals surface area contributed by atoms with Gasteiger partial charge in [0.15, 0.2) is 6.10 Å². The second-order valence-electron chi connectivity index (χ2n) is 4.15. The van der Waals surface area contributed by atoms with E-state index in [2.05, 4.69) is 10.3 Å². The molecule has 1 aliphatic rings. The molecule has 4 nitrogen and oxygen atoms in total. The van der Waals surface area contributed by atoms with E-state index in [1.807, 2.05) is 31.2 Å². The van der Waals surface area contributed by atoms with Gasteiger partial charge in [-0.25, -0.2) is 4.98 Å². The second-order valence-corrected chi connectivity index (χ2v) is 5.39. The van der Waals surface area contributed by atoms with Gasteiger partial charge in [0.05, 0.1) is 11.2 Å². The Morgan fingerprint density at radius 3 is 3.06 bits per heavy atom. The van der Waals surface area contributed by atoms with E-state index in [0.717, 1.165) is 21.3 Å². The zero-order valence-corrected chi connectivity index (χ0v) is 10.7. The maximum atomic E-state index is 12.0. The molecule has 0 fully saturated rings. The van der Waals surface area contributed by atoms with Crippen molar-refractivity contribution in [2.24, 2.45) is 0 Å². The molecule has 1 atom stereocenters. The van der Waals surface area contributed by atoms with Gasteiger partial charge in [0.25, 0.3) is 5.91 Å². The second kappa shape index (κ2) is 4.42. The molecule has 5 heteroatoms. The molecule has 0 spiro atoms. The quantitative estimate of drug-likeness (QED) is 0.902. The number of ether oxygens (including phenoxy) is 1. The lowest BCUT2D eigenvalue weighted by Crippen LogP contribution is -2.31. The molecular formula is C13H12N2O2S. The van der Waals surface area contributed by atoms with Gasteiger partial charge in [0.2, 0.25) is 0 Å². The number of hydrogen-bond donors (Lipinski definition) is 1. The number of para-hydroxylation sites is 1. The molecular weight excluding hydrogens is 248 g/mol. The number of anilines is 1. The van der Waals surface area contributed by atoms with Crippen LogP contribution >= 0.6 is 11.3 Å². The van der Waals surface area contributed by atoms with Gasteiger partial charge in [0, 0.05) is 6.42 Å². The molecule has 0 saturated heterocycles. The molecule has 0 radical (unpaired) electrons. The topological polar surface area (TPSA) is 51.2 Å². The first-order valence-corrected chi connectivity index (χ1v) is 6.52. The van der Waals surface area contributed by atoms with E-state index in [9.17, 15) is 4.79 Å². The fourth-order valence-corrected chi connectivity index (χ4v) is 2.63. The minimum absolute atomic E-state index is 0.116. The Hall–Kier alpha value is -1.88. The van der Waals surface area contributed by atoms with Crippen molar-refractivity contribution in [1.29, 1.82) is 0 Å². The van der Waals surface area contributed by atoms with Gasteiger partial charge in [-0.15, -0.1) is 11.3 Å². The van der Waals surface area contributed by atoms with Crippen molar-refractivity contribution in [3.63, 3.8) is 0 Å². The van der Waals surface area contributed by atoms with Crippen molar-refractivity contribution >= 4 is 22.2 Å². The molecule has 1 aromatic heterocycles. The van der Waals surface area contributed by atoms with Gasteiger partial charge in [-0.1, -0.05) is 18.2 Å². The van der Waals surface area contributed by atoms with Crippen LogP contribution in [0.4, 0.5) is 5.00 Å². The average Bonchev–Trinajstić information content (AvgIpc) is 2.95. The Labute approximate surface area is 109 Å². The molecule has 0 bridgehead atoms. The number of aryl methyl sites for hydroxylation is 1. The fraction of sp³-hybridized carbons (Fsp3) is 0.231. The molecule has 1 aliphatic heterocycles. The standard InChI is InChI=1S/C13H12N2O2S/c1-8-14-7-12(18-8)15-13(16)11-6-9-4-2-3-5-10(9)17-11/h2-5,7,11H,6H2,1H3,(H,15,16)/t11-/m0/s1. The number of carbonyl (C=O) groups is 1. The smallest absolute Gasteiger partial charge is 0.266 e. The molecule has 18 heavy (non-hydrogen) atoms. The minimum Gasteiger partial charge on any atom is -0.480 e. The summed E-state index contributed by atoms with van der Waals surface area (Å²) in [7, 11) is 0. The van der Waals surface area contributed by atoms with Crippen molar-refractivity contribution < 1.29 is 9.53 Å². The Morgan fingerprint density at radius 1 is 1.50 bits per heavy atom. The highest BCUT2D eigenvalue weighted by Crippen LogP contribution is 2.29. The van der Waals surface area contributed by atoms with E-state index < -0.39 is 6.10 Å². The molecule has 2 aromatic rings. The first-order valence-electron chi connectivity index (χ1n) is 5.70. The van der Waals surface area contributed by atoms with Crippen molar-refractivity contribution in [3.8, 4) is 5.75 Å². The van der Waals surface area contributed by atoms with Gasteiger partial charge in [-0.3, -0.25) is 4.79 Å². The summed E-state index contributed by atoms with van der Waals surface area (Å²) < 4.78 is 5.62. The number of thiazole rings is 1.